The Morgan fingerprint density at radius 1 is 1.43 bits per heavy atom. The molecule has 1 aromatic carbocycles. The molecule has 0 atom stereocenters. The van der Waals surface area contributed by atoms with Crippen LogP contribution in [0.4, 0.5) is 5.69 Å². The van der Waals surface area contributed by atoms with E-state index < -0.39 is 0 Å². The van der Waals surface area contributed by atoms with Gasteiger partial charge in [-0.15, -0.1) is 23.1 Å². The predicted octanol–water partition coefficient (Wildman–Crippen LogP) is 4.10. The van der Waals surface area contributed by atoms with Gasteiger partial charge in [-0.25, -0.2) is 0 Å². The molecule has 0 aliphatic rings. The van der Waals surface area contributed by atoms with Crippen molar-refractivity contribution in [2.45, 2.75) is 10.2 Å². The molecule has 0 fully saturated rings. The van der Waals surface area contributed by atoms with Crippen LogP contribution in [0.15, 0.2) is 23.1 Å². The van der Waals surface area contributed by atoms with E-state index in [1.807, 2.05) is 12.1 Å². The minimum Gasteiger partial charge on any atom is -0.399 e. The number of anilines is 1. The summed E-state index contributed by atoms with van der Waals surface area (Å²) in [5.74, 6) is 0. The zero-order valence-corrected chi connectivity index (χ0v) is 10.9. The third-order valence-corrected chi connectivity index (χ3v) is 4.86. The van der Waals surface area contributed by atoms with Crippen LogP contribution in [0, 0.1) is 0 Å². The first-order valence-electron chi connectivity index (χ1n) is 4.16. The lowest BCUT2D eigenvalue weighted by Gasteiger charge is -2.00. The second-order valence-electron chi connectivity index (χ2n) is 2.98. The van der Waals surface area contributed by atoms with E-state index >= 15 is 0 Å². The molecule has 1 nitrogen and oxygen atoms in total. The third kappa shape index (κ3) is 1.78. The van der Waals surface area contributed by atoms with Crippen LogP contribution in [0.1, 0.15) is 4.88 Å². The molecule has 0 saturated heterocycles. The minimum atomic E-state index is 0.852. The van der Waals surface area contributed by atoms with Crippen molar-refractivity contribution in [3.63, 3.8) is 0 Å². The molecule has 0 aliphatic carbocycles. The highest BCUT2D eigenvalue weighted by molar-refractivity contribution is 9.08. The molecule has 0 amide bonds. The summed E-state index contributed by atoms with van der Waals surface area (Å²) in [6, 6.07) is 6.32. The van der Waals surface area contributed by atoms with Gasteiger partial charge in [-0.3, -0.25) is 0 Å². The van der Waals surface area contributed by atoms with E-state index in [0.717, 1.165) is 11.0 Å². The highest BCUT2D eigenvalue weighted by atomic mass is 79.9. The Morgan fingerprint density at radius 2 is 2.21 bits per heavy atom. The van der Waals surface area contributed by atoms with Gasteiger partial charge in [-0.05, 0) is 24.5 Å². The maximum absolute atomic E-state index is 5.83. The molecule has 1 aromatic heterocycles. The molecule has 2 aromatic rings. The summed E-state index contributed by atoms with van der Waals surface area (Å²) in [5, 5.41) is 2.24. The summed E-state index contributed by atoms with van der Waals surface area (Å²) >= 11 is 7.02. The van der Waals surface area contributed by atoms with E-state index in [1.54, 1.807) is 23.1 Å². The smallest absolute Gasteiger partial charge is 0.0377 e. The normalized spacial score (nSPS) is 11.0. The number of thiophene rings is 1. The first kappa shape index (κ1) is 10.3. The van der Waals surface area contributed by atoms with E-state index in [0.29, 0.717) is 0 Å². The van der Waals surface area contributed by atoms with Crippen molar-refractivity contribution in [2.75, 3.05) is 12.0 Å². The number of hydrogen-bond acceptors (Lipinski definition) is 3. The van der Waals surface area contributed by atoms with Crippen molar-refractivity contribution >= 4 is 54.8 Å². The molecule has 0 aliphatic heterocycles. The number of nitrogens with two attached hydrogens (primary N) is 1. The SMILES string of the molecule is CSc1cc(N)cc2sc(CBr)cc12. The Hall–Kier alpha value is -0.190. The molecular weight excluding hydrogens is 278 g/mol. The minimum absolute atomic E-state index is 0.852. The fraction of sp³-hybridized carbons (Fsp3) is 0.200. The number of nitrogen functional groups attached to an aromatic ring is 1. The second kappa shape index (κ2) is 4.13. The fourth-order valence-corrected chi connectivity index (χ4v) is 3.61. The third-order valence-electron chi connectivity index (χ3n) is 2.02. The van der Waals surface area contributed by atoms with Crippen LogP contribution >= 0.6 is 39.0 Å². The number of halogens is 1. The van der Waals surface area contributed by atoms with Gasteiger partial charge in [-0.2, -0.15) is 0 Å². The second-order valence-corrected chi connectivity index (χ2v) is 5.56. The summed E-state index contributed by atoms with van der Waals surface area (Å²) in [7, 11) is 0. The highest BCUT2D eigenvalue weighted by Gasteiger charge is 2.06. The lowest BCUT2D eigenvalue weighted by molar-refractivity contribution is 1.54. The number of alkyl halides is 1. The first-order valence-corrected chi connectivity index (χ1v) is 7.32. The Morgan fingerprint density at radius 3 is 2.86 bits per heavy atom. The summed E-state index contributed by atoms with van der Waals surface area (Å²) < 4.78 is 1.28. The number of rotatable bonds is 2. The van der Waals surface area contributed by atoms with E-state index in [1.165, 1.54) is 19.9 Å². The molecule has 0 spiro atoms. The topological polar surface area (TPSA) is 26.0 Å². The van der Waals surface area contributed by atoms with E-state index in [-0.39, 0.29) is 0 Å². The van der Waals surface area contributed by atoms with E-state index in [9.17, 15) is 0 Å². The number of hydrogen-bond donors (Lipinski definition) is 1. The van der Waals surface area contributed by atoms with Gasteiger partial charge >= 0.3 is 0 Å². The monoisotopic (exact) mass is 287 g/mol. The number of thioether (sulfide) groups is 1. The average molecular weight is 288 g/mol. The summed E-state index contributed by atoms with van der Waals surface area (Å²) in [4.78, 5) is 2.62. The van der Waals surface area contributed by atoms with Gasteiger partial charge in [0.25, 0.3) is 0 Å². The summed E-state index contributed by atoms with van der Waals surface area (Å²) in [5.41, 5.74) is 6.68. The van der Waals surface area contributed by atoms with Gasteiger partial charge in [0.1, 0.15) is 0 Å². The van der Waals surface area contributed by atoms with Crippen LogP contribution in [0.2, 0.25) is 0 Å². The standard InChI is InChI=1S/C10H10BrNS2/c1-13-9-2-6(12)3-10-8(9)4-7(5-11)14-10/h2-4H,5,12H2,1H3. The maximum atomic E-state index is 5.83. The van der Waals surface area contributed by atoms with Gasteiger partial charge in [0.15, 0.2) is 0 Å². The van der Waals surface area contributed by atoms with Gasteiger partial charge in [-0.1, -0.05) is 15.9 Å². The number of benzene rings is 1. The van der Waals surface area contributed by atoms with Crippen molar-refractivity contribution in [1.29, 1.82) is 0 Å². The van der Waals surface area contributed by atoms with Crippen molar-refractivity contribution < 1.29 is 0 Å². The zero-order valence-electron chi connectivity index (χ0n) is 7.71. The van der Waals surface area contributed by atoms with Crippen molar-refractivity contribution in [3.05, 3.63) is 23.1 Å². The molecule has 14 heavy (non-hydrogen) atoms. The number of fused-ring (bicyclic) bond motifs is 1. The molecular formula is C10H10BrNS2. The Balaban J connectivity index is 2.71. The lowest BCUT2D eigenvalue weighted by atomic mass is 10.2. The molecule has 0 radical (unpaired) electrons. The lowest BCUT2D eigenvalue weighted by Crippen LogP contribution is -1.83. The molecule has 4 heteroatoms. The summed E-state index contributed by atoms with van der Waals surface area (Å²) in [6.07, 6.45) is 2.08. The van der Waals surface area contributed by atoms with Crippen LogP contribution in [0.3, 0.4) is 0 Å². The molecule has 0 bridgehead atoms. The van der Waals surface area contributed by atoms with Gasteiger partial charge in [0.05, 0.1) is 0 Å². The van der Waals surface area contributed by atoms with Crippen LogP contribution in [0.5, 0.6) is 0 Å². The maximum Gasteiger partial charge on any atom is 0.0377 e. The van der Waals surface area contributed by atoms with Crippen LogP contribution < -0.4 is 5.73 Å². The fourth-order valence-electron chi connectivity index (χ4n) is 1.41. The molecule has 2 rings (SSSR count). The van der Waals surface area contributed by atoms with E-state index in [4.69, 9.17) is 5.73 Å². The highest BCUT2D eigenvalue weighted by Crippen LogP contribution is 2.35. The van der Waals surface area contributed by atoms with Crippen molar-refractivity contribution in [3.8, 4) is 0 Å². The quantitative estimate of drug-likeness (QED) is 0.511. The zero-order chi connectivity index (χ0) is 10.1. The van der Waals surface area contributed by atoms with Crippen molar-refractivity contribution in [2.24, 2.45) is 0 Å². The molecule has 74 valence electrons. The van der Waals surface area contributed by atoms with Crippen molar-refractivity contribution in [1.82, 2.24) is 0 Å². The Bertz CT molecular complexity index is 464. The van der Waals surface area contributed by atoms with Crippen LogP contribution in [-0.2, 0) is 5.33 Å². The van der Waals surface area contributed by atoms with Gasteiger partial charge in [0, 0.05) is 30.9 Å². The van der Waals surface area contributed by atoms with Gasteiger partial charge < -0.3 is 5.73 Å². The average Bonchev–Trinajstić information content (AvgIpc) is 2.59. The van der Waals surface area contributed by atoms with Crippen LogP contribution in [-0.4, -0.2) is 6.26 Å². The molecule has 2 N–H and O–H groups in total. The predicted molar refractivity (Wildman–Crippen MR) is 70.6 cm³/mol. The largest absolute Gasteiger partial charge is 0.399 e. The van der Waals surface area contributed by atoms with Gasteiger partial charge in [0.2, 0.25) is 0 Å². The Labute approximate surface area is 99.8 Å². The van der Waals surface area contributed by atoms with Crippen LogP contribution in [0.25, 0.3) is 10.1 Å². The molecule has 1 heterocycles. The summed E-state index contributed by atoms with van der Waals surface area (Å²) in [6.45, 7) is 0. The molecule has 0 saturated carbocycles. The first-order chi connectivity index (χ1) is 6.74. The molecule has 0 unspecified atom stereocenters. The Kier molecular flexibility index (Phi) is 3.04. The van der Waals surface area contributed by atoms with E-state index in [2.05, 4.69) is 28.3 Å².